The standard InChI is InChI=1S/C23H25ClFN7/c1-23(2,25)18-4-5-20(27-13-18)30-22(26)32-8-6-15(7-9-32)21-19(24)10-16(11-28-21)17-12-29-31(3)14-17/h4-6,10-14H,7-9H2,1-3H3,(H2,26,27,30). The molecular weight excluding hydrogens is 429 g/mol. The van der Waals surface area contributed by atoms with Gasteiger partial charge in [0, 0.05) is 55.4 Å². The molecule has 3 aromatic heterocycles. The maximum Gasteiger partial charge on any atom is 0.198 e. The van der Waals surface area contributed by atoms with E-state index in [2.05, 4.69) is 26.1 Å². The number of pyridine rings is 2. The summed E-state index contributed by atoms with van der Waals surface area (Å²) in [7, 11) is 1.87. The van der Waals surface area contributed by atoms with Gasteiger partial charge in [-0.1, -0.05) is 23.7 Å². The van der Waals surface area contributed by atoms with Gasteiger partial charge >= 0.3 is 0 Å². The van der Waals surface area contributed by atoms with Crippen LogP contribution in [0.1, 0.15) is 31.5 Å². The molecule has 1 aliphatic heterocycles. The average Bonchev–Trinajstić information content (AvgIpc) is 3.20. The number of nitrogens with two attached hydrogens (primary N) is 1. The summed E-state index contributed by atoms with van der Waals surface area (Å²) >= 11 is 6.54. The van der Waals surface area contributed by atoms with Crippen molar-refractivity contribution in [1.82, 2.24) is 24.6 Å². The molecule has 0 saturated heterocycles. The lowest BCUT2D eigenvalue weighted by molar-refractivity contribution is 0.221. The van der Waals surface area contributed by atoms with Gasteiger partial charge in [-0.15, -0.1) is 0 Å². The third kappa shape index (κ3) is 4.80. The summed E-state index contributed by atoms with van der Waals surface area (Å²) in [5.41, 5.74) is 8.99. The molecule has 9 heteroatoms. The highest BCUT2D eigenvalue weighted by Gasteiger charge is 2.20. The van der Waals surface area contributed by atoms with Crippen LogP contribution in [-0.4, -0.2) is 43.7 Å². The second kappa shape index (κ2) is 8.70. The van der Waals surface area contributed by atoms with Crippen LogP contribution in [0.25, 0.3) is 16.7 Å². The topological polar surface area (TPSA) is 85.2 Å². The van der Waals surface area contributed by atoms with Crippen LogP contribution in [-0.2, 0) is 12.7 Å². The molecule has 0 saturated carbocycles. The van der Waals surface area contributed by atoms with Crippen molar-refractivity contribution in [2.45, 2.75) is 25.9 Å². The molecule has 166 valence electrons. The first-order valence-electron chi connectivity index (χ1n) is 10.3. The van der Waals surface area contributed by atoms with Crippen LogP contribution in [0.2, 0.25) is 5.02 Å². The Balaban J connectivity index is 1.46. The highest BCUT2D eigenvalue weighted by molar-refractivity contribution is 6.32. The maximum absolute atomic E-state index is 14.0. The second-order valence-corrected chi connectivity index (χ2v) is 8.64. The van der Waals surface area contributed by atoms with Crippen LogP contribution in [0.5, 0.6) is 0 Å². The van der Waals surface area contributed by atoms with Gasteiger partial charge in [-0.05, 0) is 38.0 Å². The highest BCUT2D eigenvalue weighted by Crippen LogP contribution is 2.30. The number of guanidine groups is 1. The predicted molar refractivity (Wildman–Crippen MR) is 125 cm³/mol. The van der Waals surface area contributed by atoms with Gasteiger partial charge < -0.3 is 10.6 Å². The molecule has 0 atom stereocenters. The number of hydrogen-bond acceptors (Lipinski definition) is 4. The van der Waals surface area contributed by atoms with Crippen LogP contribution in [0.3, 0.4) is 0 Å². The molecule has 4 heterocycles. The zero-order chi connectivity index (χ0) is 22.9. The number of nitrogens with zero attached hydrogens (tertiary/aromatic N) is 6. The number of hydrogen-bond donors (Lipinski definition) is 1. The molecule has 0 aromatic carbocycles. The Labute approximate surface area is 191 Å². The number of halogens is 2. The van der Waals surface area contributed by atoms with Gasteiger partial charge in [0.15, 0.2) is 11.8 Å². The second-order valence-electron chi connectivity index (χ2n) is 8.23. The fourth-order valence-corrected chi connectivity index (χ4v) is 3.77. The number of alkyl halides is 1. The molecule has 0 spiro atoms. The van der Waals surface area contributed by atoms with Crippen molar-refractivity contribution in [2.75, 3.05) is 13.1 Å². The molecule has 0 fully saturated rings. The summed E-state index contributed by atoms with van der Waals surface area (Å²) in [6.45, 7) is 4.25. The smallest absolute Gasteiger partial charge is 0.198 e. The van der Waals surface area contributed by atoms with E-state index in [0.717, 1.165) is 28.8 Å². The van der Waals surface area contributed by atoms with E-state index in [1.165, 1.54) is 20.0 Å². The first-order valence-corrected chi connectivity index (χ1v) is 10.7. The minimum atomic E-state index is -1.44. The van der Waals surface area contributed by atoms with Crippen LogP contribution in [0.15, 0.2) is 54.1 Å². The summed E-state index contributed by atoms with van der Waals surface area (Å²) in [4.78, 5) is 15.1. The normalized spacial score (nSPS) is 15.1. The van der Waals surface area contributed by atoms with E-state index in [9.17, 15) is 4.39 Å². The minimum absolute atomic E-state index is 0.367. The van der Waals surface area contributed by atoms with Crippen LogP contribution in [0.4, 0.5) is 10.2 Å². The fraction of sp³-hybridized carbons (Fsp3) is 0.304. The Hall–Kier alpha value is -3.26. The van der Waals surface area contributed by atoms with Gasteiger partial charge in [0.2, 0.25) is 0 Å². The van der Waals surface area contributed by atoms with Crippen molar-refractivity contribution in [1.29, 1.82) is 0 Å². The molecule has 0 bridgehead atoms. The Morgan fingerprint density at radius 2 is 2.00 bits per heavy atom. The number of rotatable bonds is 4. The molecule has 7 nitrogen and oxygen atoms in total. The van der Waals surface area contributed by atoms with Crippen molar-refractivity contribution in [3.63, 3.8) is 0 Å². The van der Waals surface area contributed by atoms with E-state index in [1.54, 1.807) is 23.0 Å². The number of aromatic nitrogens is 4. The molecule has 4 rings (SSSR count). The maximum atomic E-state index is 14.0. The van der Waals surface area contributed by atoms with Gasteiger partial charge in [0.05, 0.1) is 16.9 Å². The van der Waals surface area contributed by atoms with Crippen LogP contribution >= 0.6 is 11.6 Å². The number of aryl methyl sites for hydroxylation is 1. The molecule has 0 aliphatic carbocycles. The zero-order valence-electron chi connectivity index (χ0n) is 18.3. The van der Waals surface area contributed by atoms with Crippen molar-refractivity contribution >= 4 is 29.0 Å². The Bertz CT molecular complexity index is 1180. The van der Waals surface area contributed by atoms with Crippen LogP contribution in [0, 0.1) is 0 Å². The lowest BCUT2D eigenvalue weighted by atomic mass is 10.0. The van der Waals surface area contributed by atoms with Crippen molar-refractivity contribution in [3.05, 3.63) is 65.3 Å². The quantitative estimate of drug-likeness (QED) is 0.465. The Morgan fingerprint density at radius 1 is 1.19 bits per heavy atom. The predicted octanol–water partition coefficient (Wildman–Crippen LogP) is 4.47. The van der Waals surface area contributed by atoms with Crippen molar-refractivity contribution in [2.24, 2.45) is 17.8 Å². The van der Waals surface area contributed by atoms with Crippen molar-refractivity contribution < 1.29 is 4.39 Å². The molecule has 32 heavy (non-hydrogen) atoms. The van der Waals surface area contributed by atoms with E-state index < -0.39 is 5.67 Å². The van der Waals surface area contributed by atoms with Gasteiger partial charge in [-0.3, -0.25) is 9.67 Å². The van der Waals surface area contributed by atoms with E-state index in [1.807, 2.05) is 30.4 Å². The summed E-state index contributed by atoms with van der Waals surface area (Å²) in [6.07, 6.45) is 9.81. The molecular formula is C23H25ClFN7. The van der Waals surface area contributed by atoms with Gasteiger partial charge in [0.25, 0.3) is 0 Å². The molecule has 0 unspecified atom stereocenters. The number of aliphatic imine (C=N–C) groups is 1. The van der Waals surface area contributed by atoms with E-state index in [-0.39, 0.29) is 0 Å². The van der Waals surface area contributed by atoms with Crippen molar-refractivity contribution in [3.8, 4) is 11.1 Å². The average molecular weight is 454 g/mol. The third-order valence-electron chi connectivity index (χ3n) is 5.38. The molecule has 1 aliphatic rings. The van der Waals surface area contributed by atoms with Crippen LogP contribution < -0.4 is 5.73 Å². The lowest BCUT2D eigenvalue weighted by Gasteiger charge is -2.27. The Kier molecular flexibility index (Phi) is 5.97. The third-order valence-corrected chi connectivity index (χ3v) is 5.67. The first-order chi connectivity index (χ1) is 15.2. The summed E-state index contributed by atoms with van der Waals surface area (Å²) in [6, 6.07) is 5.26. The fourth-order valence-electron chi connectivity index (χ4n) is 3.49. The van der Waals surface area contributed by atoms with Gasteiger partial charge in [-0.25, -0.2) is 9.37 Å². The molecule has 2 N–H and O–H groups in total. The molecule has 3 aromatic rings. The zero-order valence-corrected chi connectivity index (χ0v) is 19.0. The first kappa shape index (κ1) is 22.0. The van der Waals surface area contributed by atoms with E-state index >= 15 is 0 Å². The minimum Gasteiger partial charge on any atom is -0.369 e. The lowest BCUT2D eigenvalue weighted by Crippen LogP contribution is -2.39. The largest absolute Gasteiger partial charge is 0.369 e. The van der Waals surface area contributed by atoms with Gasteiger partial charge in [0.1, 0.15) is 5.67 Å². The summed E-state index contributed by atoms with van der Waals surface area (Å²) in [5, 5.41) is 4.79. The Morgan fingerprint density at radius 3 is 2.56 bits per heavy atom. The monoisotopic (exact) mass is 453 g/mol. The summed E-state index contributed by atoms with van der Waals surface area (Å²) < 4.78 is 15.7. The molecule has 0 radical (unpaired) electrons. The van der Waals surface area contributed by atoms with E-state index in [4.69, 9.17) is 17.3 Å². The summed E-state index contributed by atoms with van der Waals surface area (Å²) in [5.74, 6) is 0.812. The highest BCUT2D eigenvalue weighted by atomic mass is 35.5. The molecule has 0 amide bonds. The van der Waals surface area contributed by atoms with E-state index in [0.29, 0.717) is 35.5 Å². The van der Waals surface area contributed by atoms with Gasteiger partial charge in [-0.2, -0.15) is 10.1 Å². The SMILES string of the molecule is Cn1cc(-c2cnc(C3=CCN(C(N)=Nc4ccc(C(C)(C)F)cn4)CC3)c(Cl)c2)cn1.